The molecule has 2 aromatic rings. The Kier molecular flexibility index (Phi) is 7.80. The first-order valence-corrected chi connectivity index (χ1v) is 16.7. The number of hydrogen-bond donors (Lipinski definition) is 1. The first kappa shape index (κ1) is 32.5. The molecule has 2 fully saturated rings. The highest BCUT2D eigenvalue weighted by Crippen LogP contribution is 2.69. The van der Waals surface area contributed by atoms with E-state index in [1.165, 1.54) is 12.1 Å². The van der Waals surface area contributed by atoms with Crippen molar-refractivity contribution < 1.29 is 45.0 Å². The number of alkyl halides is 5. The molecule has 0 amide bonds. The van der Waals surface area contributed by atoms with Gasteiger partial charge in [-0.05, 0) is 109 Å². The molecule has 0 spiro atoms. The molecular formula is C35H33F5O5S. The first-order valence-electron chi connectivity index (χ1n) is 15.2. The van der Waals surface area contributed by atoms with Crippen LogP contribution >= 0.6 is 0 Å². The van der Waals surface area contributed by atoms with Crippen molar-refractivity contribution in [1.29, 1.82) is 0 Å². The number of carbonyl (C=O) groups is 1. The summed E-state index contributed by atoms with van der Waals surface area (Å²) < 4.78 is 98.2. The number of sulfone groups is 1. The molecule has 2 aromatic carbocycles. The molecule has 2 saturated carbocycles. The van der Waals surface area contributed by atoms with Crippen LogP contribution < -0.4 is 4.74 Å². The van der Waals surface area contributed by atoms with Crippen molar-refractivity contribution in [3.8, 4) is 18.1 Å². The summed E-state index contributed by atoms with van der Waals surface area (Å²) >= 11 is 0. The maximum absolute atomic E-state index is 15.3. The lowest BCUT2D eigenvalue weighted by Crippen LogP contribution is -2.59. The fourth-order valence-electron chi connectivity index (χ4n) is 8.46. The lowest BCUT2D eigenvalue weighted by atomic mass is 9.50. The Balaban J connectivity index is 1.30. The van der Waals surface area contributed by atoms with E-state index in [0.29, 0.717) is 43.4 Å². The standard InChI is InChI=1S/C35H33F5O5S/c1-3-34(36,37)33(42)17-16-30-28-14-8-23-18-24(41)9-15-27(23)31(28)29(19-32(30,33)2)22-6-10-25(11-7-22)45-20-21-4-12-26(13-5-21)46(43,44)35(38,39)40/h1,4-7,10-13,18,28-30,42H,8-9,14-17,19-20H2,2H3/t28-,29-,30-,32-,33-/m0/s1. The highest BCUT2D eigenvalue weighted by atomic mass is 32.2. The number of fused-ring (bicyclic) bond motifs is 4. The predicted octanol–water partition coefficient (Wildman–Crippen LogP) is 7.46. The number of halogens is 5. The molecule has 0 saturated heterocycles. The highest BCUT2D eigenvalue weighted by molar-refractivity contribution is 7.92. The Bertz CT molecular complexity index is 1770. The molecule has 4 aliphatic carbocycles. The van der Waals surface area contributed by atoms with Crippen molar-refractivity contribution in [2.45, 2.75) is 86.3 Å². The van der Waals surface area contributed by atoms with Gasteiger partial charge in [-0.2, -0.15) is 22.0 Å². The molecule has 0 heterocycles. The van der Waals surface area contributed by atoms with Gasteiger partial charge in [0.1, 0.15) is 18.0 Å². The Morgan fingerprint density at radius 1 is 1.00 bits per heavy atom. The zero-order chi connectivity index (χ0) is 33.3. The third-order valence-corrected chi connectivity index (χ3v) is 12.3. The summed E-state index contributed by atoms with van der Waals surface area (Å²) in [6, 6.07) is 11.4. The number of benzene rings is 2. The summed E-state index contributed by atoms with van der Waals surface area (Å²) in [6.07, 6.45) is 9.89. The molecule has 0 aliphatic heterocycles. The van der Waals surface area contributed by atoms with Crippen LogP contribution in [0.5, 0.6) is 5.75 Å². The zero-order valence-electron chi connectivity index (χ0n) is 25.0. The normalized spacial score (nSPS) is 29.7. The van der Waals surface area contributed by atoms with Gasteiger partial charge in [0, 0.05) is 17.8 Å². The maximum Gasteiger partial charge on any atom is 0.501 e. The number of hydrogen-bond acceptors (Lipinski definition) is 5. The van der Waals surface area contributed by atoms with Crippen LogP contribution in [0.1, 0.15) is 68.9 Å². The predicted molar refractivity (Wildman–Crippen MR) is 159 cm³/mol. The van der Waals surface area contributed by atoms with Crippen molar-refractivity contribution >= 4 is 15.6 Å². The van der Waals surface area contributed by atoms with E-state index in [9.17, 15) is 31.5 Å². The number of terminal acetylenes is 1. The van der Waals surface area contributed by atoms with Gasteiger partial charge >= 0.3 is 11.4 Å². The fourth-order valence-corrected chi connectivity index (χ4v) is 9.22. The third-order valence-electron chi connectivity index (χ3n) is 10.8. The lowest BCUT2D eigenvalue weighted by Gasteiger charge is -2.55. The van der Waals surface area contributed by atoms with Crippen LogP contribution in [-0.2, 0) is 21.2 Å². The summed E-state index contributed by atoms with van der Waals surface area (Å²) in [5, 5.41) is 11.6. The molecule has 46 heavy (non-hydrogen) atoms. The number of allylic oxidation sites excluding steroid dienone is 4. The van der Waals surface area contributed by atoms with Gasteiger partial charge in [-0.3, -0.25) is 4.79 Å². The van der Waals surface area contributed by atoms with Gasteiger partial charge in [0.05, 0.1) is 4.90 Å². The molecule has 4 aliphatic rings. The molecule has 0 unspecified atom stereocenters. The Morgan fingerprint density at radius 3 is 2.30 bits per heavy atom. The van der Waals surface area contributed by atoms with Crippen molar-refractivity contribution in [2.24, 2.45) is 17.3 Å². The van der Waals surface area contributed by atoms with Gasteiger partial charge in [0.25, 0.3) is 9.84 Å². The molecule has 0 bridgehead atoms. The van der Waals surface area contributed by atoms with E-state index in [0.717, 1.165) is 34.4 Å². The summed E-state index contributed by atoms with van der Waals surface area (Å²) in [6.45, 7) is 1.70. The zero-order valence-corrected chi connectivity index (χ0v) is 25.9. The average Bonchev–Trinajstić information content (AvgIpc) is 3.30. The van der Waals surface area contributed by atoms with E-state index < -0.39 is 37.2 Å². The SMILES string of the molecule is C#CC(F)(F)[C@]1(O)CC[C@H]2[C@@H]3CCC4=CC(=O)CCC4=C3[C@H](c3ccc(OCc4ccc(S(=O)(=O)C(F)(F)F)cc4)cc3)C[C@@]21C. The van der Waals surface area contributed by atoms with Crippen molar-refractivity contribution in [2.75, 3.05) is 0 Å². The van der Waals surface area contributed by atoms with Crippen LogP contribution in [0, 0.1) is 29.6 Å². The average molecular weight is 661 g/mol. The van der Waals surface area contributed by atoms with Crippen molar-refractivity contribution in [3.63, 3.8) is 0 Å². The van der Waals surface area contributed by atoms with Gasteiger partial charge in [0.15, 0.2) is 5.78 Å². The maximum atomic E-state index is 15.3. The lowest BCUT2D eigenvalue weighted by molar-refractivity contribution is -0.209. The van der Waals surface area contributed by atoms with Gasteiger partial charge in [-0.1, -0.05) is 36.8 Å². The molecule has 244 valence electrons. The van der Waals surface area contributed by atoms with Gasteiger partial charge in [-0.15, -0.1) is 6.42 Å². The van der Waals surface area contributed by atoms with E-state index >= 15 is 8.78 Å². The summed E-state index contributed by atoms with van der Waals surface area (Å²) in [5.74, 6) is -2.18. The van der Waals surface area contributed by atoms with Gasteiger partial charge in [-0.25, -0.2) is 8.42 Å². The van der Waals surface area contributed by atoms with Crippen LogP contribution in [0.3, 0.4) is 0 Å². The molecule has 5 atom stereocenters. The van der Waals surface area contributed by atoms with Crippen LogP contribution in [-0.4, -0.2) is 36.3 Å². The number of ketones is 1. The highest BCUT2D eigenvalue weighted by Gasteiger charge is 2.71. The number of ether oxygens (including phenoxy) is 1. The molecule has 0 radical (unpaired) electrons. The van der Waals surface area contributed by atoms with E-state index in [-0.39, 0.29) is 43.0 Å². The number of aliphatic hydroxyl groups is 1. The van der Waals surface area contributed by atoms with Crippen molar-refractivity contribution in [3.05, 3.63) is 82.5 Å². The van der Waals surface area contributed by atoms with Crippen LogP contribution in [0.2, 0.25) is 0 Å². The second-order valence-corrected chi connectivity index (χ2v) is 15.0. The Labute approximate surface area is 264 Å². The molecule has 6 rings (SSSR count). The fraction of sp³-hybridized carbons (Fsp3) is 0.457. The molecule has 11 heteroatoms. The third kappa shape index (κ3) is 5.00. The topological polar surface area (TPSA) is 80.7 Å². The molecule has 1 N–H and O–H groups in total. The van der Waals surface area contributed by atoms with Gasteiger partial charge in [0.2, 0.25) is 0 Å². The van der Waals surface area contributed by atoms with E-state index in [1.54, 1.807) is 31.1 Å². The minimum absolute atomic E-state index is 0.0391. The molecule has 5 nitrogen and oxygen atoms in total. The van der Waals surface area contributed by atoms with Gasteiger partial charge < -0.3 is 9.84 Å². The van der Waals surface area contributed by atoms with E-state index in [1.807, 2.05) is 12.1 Å². The molecule has 0 aromatic heterocycles. The Morgan fingerprint density at radius 2 is 1.67 bits per heavy atom. The van der Waals surface area contributed by atoms with Crippen molar-refractivity contribution in [1.82, 2.24) is 0 Å². The molecular weight excluding hydrogens is 627 g/mol. The largest absolute Gasteiger partial charge is 0.501 e. The van der Waals surface area contributed by atoms with Crippen LogP contribution in [0.25, 0.3) is 0 Å². The van der Waals surface area contributed by atoms with Crippen LogP contribution in [0.4, 0.5) is 22.0 Å². The van der Waals surface area contributed by atoms with Crippen LogP contribution in [0.15, 0.2) is 76.2 Å². The van der Waals surface area contributed by atoms with E-state index in [4.69, 9.17) is 11.2 Å². The summed E-state index contributed by atoms with van der Waals surface area (Å²) in [5.41, 5.74) is -4.36. The minimum atomic E-state index is -5.45. The summed E-state index contributed by atoms with van der Waals surface area (Å²) in [4.78, 5) is 11.4. The number of rotatable bonds is 6. The smallest absolute Gasteiger partial charge is 0.489 e. The second kappa shape index (κ2) is 11.1. The second-order valence-electron chi connectivity index (χ2n) is 13.1. The summed E-state index contributed by atoms with van der Waals surface area (Å²) in [7, 11) is -5.45. The van der Waals surface area contributed by atoms with E-state index in [2.05, 4.69) is 0 Å². The first-order chi connectivity index (χ1) is 21.5. The monoisotopic (exact) mass is 660 g/mol. The Hall–Kier alpha value is -3.49. The quantitative estimate of drug-likeness (QED) is 0.257. The minimum Gasteiger partial charge on any atom is -0.489 e. The number of carbonyl (C=O) groups excluding carboxylic acids is 1.